The summed E-state index contributed by atoms with van der Waals surface area (Å²) in [5.41, 5.74) is 4.08. The molecule has 0 radical (unpaired) electrons. The lowest BCUT2D eigenvalue weighted by atomic mass is 9.80. The summed E-state index contributed by atoms with van der Waals surface area (Å²) in [6, 6.07) is 38.3. The maximum Gasteiger partial charge on any atom is 0.338 e. The van der Waals surface area contributed by atoms with Gasteiger partial charge >= 0.3 is 5.97 Å². The molecule has 7 heteroatoms. The van der Waals surface area contributed by atoms with E-state index >= 15 is 0 Å². The van der Waals surface area contributed by atoms with Gasteiger partial charge in [-0.1, -0.05) is 118 Å². The Labute approximate surface area is 334 Å². The maximum absolute atomic E-state index is 12.9. The Balaban J connectivity index is 1.12. The van der Waals surface area contributed by atoms with Crippen molar-refractivity contribution in [2.24, 2.45) is 11.8 Å². The van der Waals surface area contributed by atoms with Crippen LogP contribution in [0.15, 0.2) is 127 Å². The molecule has 2 aliphatic heterocycles. The van der Waals surface area contributed by atoms with E-state index in [4.69, 9.17) is 28.4 Å². The number of esters is 1. The maximum atomic E-state index is 12.9. The normalized spacial score (nSPS) is 24.4. The predicted octanol–water partition coefficient (Wildman–Crippen LogP) is 10.4. The summed E-state index contributed by atoms with van der Waals surface area (Å²) in [6.07, 6.45) is 4.85. The number of carbonyl (C=O) groups is 1. The van der Waals surface area contributed by atoms with Crippen molar-refractivity contribution >= 4 is 5.97 Å². The highest BCUT2D eigenvalue weighted by molar-refractivity contribution is 5.89. The van der Waals surface area contributed by atoms with Crippen LogP contribution in [-0.4, -0.2) is 63.4 Å². The van der Waals surface area contributed by atoms with Gasteiger partial charge in [0.2, 0.25) is 0 Å². The quantitative estimate of drug-likeness (QED) is 0.0433. The number of hydrogen-bond acceptors (Lipinski definition) is 7. The van der Waals surface area contributed by atoms with E-state index in [1.54, 1.807) is 26.4 Å². The van der Waals surface area contributed by atoms with Gasteiger partial charge in [-0.25, -0.2) is 4.79 Å². The zero-order valence-electron chi connectivity index (χ0n) is 33.8. The zero-order valence-corrected chi connectivity index (χ0v) is 33.8. The summed E-state index contributed by atoms with van der Waals surface area (Å²) < 4.78 is 38.4. The van der Waals surface area contributed by atoms with Gasteiger partial charge in [-0.2, -0.15) is 0 Å². The van der Waals surface area contributed by atoms with Crippen molar-refractivity contribution in [2.45, 2.75) is 108 Å². The third-order valence-corrected chi connectivity index (χ3v) is 11.9. The molecule has 2 fully saturated rings. The van der Waals surface area contributed by atoms with Gasteiger partial charge in [-0.05, 0) is 84.6 Å². The molecule has 4 aromatic carbocycles. The lowest BCUT2D eigenvalue weighted by Gasteiger charge is -2.38. The van der Waals surface area contributed by atoms with E-state index < -0.39 is 5.60 Å². The molecule has 2 saturated heterocycles. The highest BCUT2D eigenvalue weighted by Gasteiger charge is 2.46. The Kier molecular flexibility index (Phi) is 14.6. The molecular formula is C49H60O7. The van der Waals surface area contributed by atoms with E-state index in [0.717, 1.165) is 53.7 Å². The number of methoxy groups -OCH3 is 2. The molecule has 298 valence electrons. The van der Waals surface area contributed by atoms with Crippen LogP contribution in [-0.2, 0) is 29.3 Å². The Hall–Kier alpha value is -4.27. The second-order valence-electron chi connectivity index (χ2n) is 15.3. The Morgan fingerprint density at radius 2 is 1.43 bits per heavy atom. The average molecular weight is 761 g/mol. The van der Waals surface area contributed by atoms with Gasteiger partial charge in [0.05, 0.1) is 43.2 Å². The van der Waals surface area contributed by atoms with Gasteiger partial charge in [0.15, 0.2) is 0 Å². The molecule has 6 rings (SSSR count). The predicted molar refractivity (Wildman–Crippen MR) is 221 cm³/mol. The fraction of sp³-hybridized carbons (Fsp3) is 0.449. The average Bonchev–Trinajstić information content (AvgIpc) is 3.58. The molecule has 4 aromatic rings. The van der Waals surface area contributed by atoms with Crippen LogP contribution in [0.25, 0.3) is 0 Å². The monoisotopic (exact) mass is 760 g/mol. The molecule has 0 aliphatic carbocycles. The molecule has 0 spiro atoms. The summed E-state index contributed by atoms with van der Waals surface area (Å²) in [5.74, 6) is 1.01. The topological polar surface area (TPSA) is 72.5 Å². The highest BCUT2D eigenvalue weighted by atomic mass is 16.6. The third kappa shape index (κ3) is 9.46. The highest BCUT2D eigenvalue weighted by Crippen LogP contribution is 2.43. The van der Waals surface area contributed by atoms with Gasteiger partial charge < -0.3 is 28.4 Å². The molecule has 8 atom stereocenters. The number of benzene rings is 4. The Bertz CT molecular complexity index is 1760. The molecular weight excluding hydrogens is 701 g/mol. The second kappa shape index (κ2) is 19.7. The fourth-order valence-electron chi connectivity index (χ4n) is 8.78. The van der Waals surface area contributed by atoms with E-state index in [0.29, 0.717) is 37.4 Å². The van der Waals surface area contributed by atoms with Gasteiger partial charge in [0.25, 0.3) is 0 Å². The van der Waals surface area contributed by atoms with Crippen molar-refractivity contribution in [3.63, 3.8) is 0 Å². The summed E-state index contributed by atoms with van der Waals surface area (Å²) in [4.78, 5) is 12.9. The molecule has 0 amide bonds. The smallest absolute Gasteiger partial charge is 0.338 e. The van der Waals surface area contributed by atoms with E-state index in [2.05, 4.69) is 81.1 Å². The minimum atomic E-state index is -0.799. The summed E-state index contributed by atoms with van der Waals surface area (Å²) in [6.45, 7) is 11.6. The summed E-state index contributed by atoms with van der Waals surface area (Å²) in [7, 11) is 3.45. The van der Waals surface area contributed by atoms with Crippen molar-refractivity contribution in [3.05, 3.63) is 150 Å². The van der Waals surface area contributed by atoms with Crippen LogP contribution in [0.2, 0.25) is 0 Å². The third-order valence-electron chi connectivity index (χ3n) is 11.9. The van der Waals surface area contributed by atoms with Crippen LogP contribution in [0, 0.1) is 11.8 Å². The van der Waals surface area contributed by atoms with Crippen molar-refractivity contribution in [2.75, 3.05) is 20.8 Å². The first kappa shape index (κ1) is 41.4. The standard InChI is InChI=1S/C49H60O7/c1-7-40(55-48(50)36-19-12-9-13-20-36)32-46-47(52-6)43(8-2)45(56-46)33-44-35(4)34(3)31-42(54-44)25-18-30-53-49(37-21-14-10-15-22-37,38-23-16-11-17-24-38)39-26-28-41(51-5)29-27-39/h9-17,19-24,26-29,34,40,42-47H,4,7-8,18,25,30-33H2,1-3,5-6H3/t34-,40-,42+,43+,44?,45+,46-,47-/m1/s1. The fourth-order valence-corrected chi connectivity index (χ4v) is 8.78. The second-order valence-corrected chi connectivity index (χ2v) is 15.3. The van der Waals surface area contributed by atoms with E-state index in [-0.39, 0.29) is 48.5 Å². The van der Waals surface area contributed by atoms with Gasteiger partial charge in [0, 0.05) is 32.5 Å². The Morgan fingerprint density at radius 3 is 2.00 bits per heavy atom. The van der Waals surface area contributed by atoms with Gasteiger partial charge in [-0.15, -0.1) is 0 Å². The summed E-state index contributed by atoms with van der Waals surface area (Å²) in [5, 5.41) is 0. The molecule has 56 heavy (non-hydrogen) atoms. The molecule has 2 aliphatic rings. The largest absolute Gasteiger partial charge is 0.497 e. The van der Waals surface area contributed by atoms with Gasteiger partial charge in [-0.3, -0.25) is 0 Å². The number of hydrogen-bond donors (Lipinski definition) is 0. The molecule has 7 nitrogen and oxygen atoms in total. The van der Waals surface area contributed by atoms with E-state index in [1.807, 2.05) is 49.4 Å². The molecule has 2 heterocycles. The Morgan fingerprint density at radius 1 is 0.821 bits per heavy atom. The van der Waals surface area contributed by atoms with Crippen LogP contribution in [0.3, 0.4) is 0 Å². The van der Waals surface area contributed by atoms with E-state index in [9.17, 15) is 4.79 Å². The van der Waals surface area contributed by atoms with Crippen LogP contribution in [0.4, 0.5) is 0 Å². The zero-order chi connectivity index (χ0) is 39.5. The van der Waals surface area contributed by atoms with Crippen molar-refractivity contribution < 1.29 is 33.2 Å². The van der Waals surface area contributed by atoms with Crippen LogP contribution >= 0.6 is 0 Å². The number of carbonyl (C=O) groups excluding carboxylic acids is 1. The first-order valence-corrected chi connectivity index (χ1v) is 20.5. The van der Waals surface area contributed by atoms with Crippen LogP contribution < -0.4 is 4.74 Å². The minimum Gasteiger partial charge on any atom is -0.497 e. The number of rotatable bonds is 18. The van der Waals surface area contributed by atoms with Gasteiger partial charge in [0.1, 0.15) is 17.5 Å². The molecule has 0 aromatic heterocycles. The minimum absolute atomic E-state index is 0.0600. The summed E-state index contributed by atoms with van der Waals surface area (Å²) >= 11 is 0. The molecule has 1 unspecified atom stereocenters. The lowest BCUT2D eigenvalue weighted by molar-refractivity contribution is -0.0787. The van der Waals surface area contributed by atoms with Crippen molar-refractivity contribution in [1.82, 2.24) is 0 Å². The van der Waals surface area contributed by atoms with Crippen LogP contribution in [0.1, 0.15) is 92.8 Å². The first-order chi connectivity index (χ1) is 27.3. The number of ether oxygens (including phenoxy) is 6. The SMILES string of the molecule is C=C1C(C[C@@H]2O[C@H](C[C@@H](CC)OC(=O)c3ccccc3)[C@H](OC)[C@H]2CC)O[C@@H](CCCOC(c2ccccc2)(c2ccccc2)c2ccc(OC)cc2)C[C@H]1C. The van der Waals surface area contributed by atoms with Crippen LogP contribution in [0.5, 0.6) is 5.75 Å². The lowest BCUT2D eigenvalue weighted by Crippen LogP contribution is -2.38. The van der Waals surface area contributed by atoms with Crippen molar-refractivity contribution in [1.29, 1.82) is 0 Å². The molecule has 0 N–H and O–H groups in total. The first-order valence-electron chi connectivity index (χ1n) is 20.5. The molecule has 0 bridgehead atoms. The van der Waals surface area contributed by atoms with Crippen molar-refractivity contribution in [3.8, 4) is 5.75 Å². The molecule has 0 saturated carbocycles. The van der Waals surface area contributed by atoms with E-state index in [1.165, 1.54) is 0 Å².